The van der Waals surface area contributed by atoms with Gasteiger partial charge < -0.3 is 9.84 Å². The molecule has 2 heterocycles. The molecule has 0 atom stereocenters. The fraction of sp³-hybridized carbons (Fsp3) is 0.0714. The van der Waals surface area contributed by atoms with E-state index in [-0.39, 0.29) is 22.9 Å². The summed E-state index contributed by atoms with van der Waals surface area (Å²) in [5.41, 5.74) is 0.185. The maximum atomic E-state index is 10.5. The normalized spacial score (nSPS) is 8.52. The van der Waals surface area contributed by atoms with Gasteiger partial charge in [0.25, 0.3) is 0 Å². The summed E-state index contributed by atoms with van der Waals surface area (Å²) >= 11 is 0. The summed E-state index contributed by atoms with van der Waals surface area (Å²) in [6, 6.07) is 9.65. The van der Waals surface area contributed by atoms with Crippen molar-refractivity contribution in [2.24, 2.45) is 0 Å². The van der Waals surface area contributed by atoms with Crippen molar-refractivity contribution in [3.8, 4) is 23.6 Å². The third kappa shape index (κ3) is 4.97. The second-order valence-electron chi connectivity index (χ2n) is 3.54. The van der Waals surface area contributed by atoms with E-state index in [0.717, 1.165) is 0 Å². The van der Waals surface area contributed by atoms with Crippen LogP contribution in [-0.2, 0) is 4.79 Å². The van der Waals surface area contributed by atoms with E-state index in [1.165, 1.54) is 31.5 Å². The molecule has 0 bridgehead atoms. The average Bonchev–Trinajstić information content (AvgIpc) is 2.48. The van der Waals surface area contributed by atoms with Crippen molar-refractivity contribution in [2.75, 3.05) is 0 Å². The summed E-state index contributed by atoms with van der Waals surface area (Å²) < 4.78 is 4.71. The number of hydrogen-bond donors (Lipinski definition) is 1. The van der Waals surface area contributed by atoms with Gasteiger partial charge >= 0.3 is 5.97 Å². The fourth-order valence-electron chi connectivity index (χ4n) is 1.19. The standard InChI is InChI=1S/C8H6N2O2.C6H4N2O/c1-6(11)12-8-3-2-4-10-7(8)5-9;7-4-5-6(9)2-1-3-8-5/h2-4H,1H3;1-3,9H. The molecule has 21 heavy (non-hydrogen) atoms. The molecule has 104 valence electrons. The van der Waals surface area contributed by atoms with Crippen LogP contribution in [-0.4, -0.2) is 21.0 Å². The molecule has 0 aliphatic heterocycles. The molecule has 0 saturated heterocycles. The van der Waals surface area contributed by atoms with Gasteiger partial charge in [0, 0.05) is 19.3 Å². The number of rotatable bonds is 1. The third-order valence-corrected chi connectivity index (χ3v) is 2.02. The van der Waals surface area contributed by atoms with E-state index in [1.807, 2.05) is 6.07 Å². The van der Waals surface area contributed by atoms with Crippen LogP contribution < -0.4 is 4.74 Å². The molecular weight excluding hydrogens is 272 g/mol. The summed E-state index contributed by atoms with van der Waals surface area (Å²) in [4.78, 5) is 17.8. The Balaban J connectivity index is 0.000000219. The lowest BCUT2D eigenvalue weighted by molar-refractivity contribution is -0.131. The molecular formula is C14H10N4O3. The first-order valence-corrected chi connectivity index (χ1v) is 5.66. The first-order valence-electron chi connectivity index (χ1n) is 5.66. The Kier molecular flexibility index (Phi) is 5.85. The molecule has 0 saturated carbocycles. The van der Waals surface area contributed by atoms with Crippen LogP contribution in [0, 0.1) is 22.7 Å². The number of pyridine rings is 2. The van der Waals surface area contributed by atoms with Crippen molar-refractivity contribution in [3.63, 3.8) is 0 Å². The van der Waals surface area contributed by atoms with Gasteiger partial charge in [0.05, 0.1) is 0 Å². The molecule has 0 aliphatic rings. The molecule has 0 spiro atoms. The average molecular weight is 282 g/mol. The van der Waals surface area contributed by atoms with Gasteiger partial charge in [-0.1, -0.05) is 0 Å². The minimum Gasteiger partial charge on any atom is -0.505 e. The molecule has 0 aliphatic carbocycles. The number of ether oxygens (including phenoxy) is 1. The van der Waals surface area contributed by atoms with Crippen LogP contribution in [0.2, 0.25) is 0 Å². The lowest BCUT2D eigenvalue weighted by Gasteiger charge is -2.00. The summed E-state index contributed by atoms with van der Waals surface area (Å²) in [6.07, 6.45) is 2.92. The van der Waals surface area contributed by atoms with Crippen LogP contribution in [0.3, 0.4) is 0 Å². The topological polar surface area (TPSA) is 120 Å². The fourth-order valence-corrected chi connectivity index (χ4v) is 1.19. The van der Waals surface area contributed by atoms with Crippen molar-refractivity contribution in [1.29, 1.82) is 10.5 Å². The number of aromatic hydroxyl groups is 1. The van der Waals surface area contributed by atoms with Gasteiger partial charge in [0.2, 0.25) is 0 Å². The number of esters is 1. The predicted molar refractivity (Wildman–Crippen MR) is 70.9 cm³/mol. The number of nitriles is 2. The van der Waals surface area contributed by atoms with Gasteiger partial charge in [-0.2, -0.15) is 10.5 Å². The molecule has 0 fully saturated rings. The van der Waals surface area contributed by atoms with Crippen molar-refractivity contribution in [1.82, 2.24) is 9.97 Å². The molecule has 7 heteroatoms. The van der Waals surface area contributed by atoms with Crippen LogP contribution in [0.25, 0.3) is 0 Å². The summed E-state index contributed by atoms with van der Waals surface area (Å²) in [5.74, 6) is -0.327. The molecule has 1 N–H and O–H groups in total. The Bertz CT molecular complexity index is 717. The van der Waals surface area contributed by atoms with E-state index in [1.54, 1.807) is 18.2 Å². The Hall–Kier alpha value is -3.45. The van der Waals surface area contributed by atoms with E-state index < -0.39 is 5.97 Å². The van der Waals surface area contributed by atoms with E-state index in [4.69, 9.17) is 20.4 Å². The maximum Gasteiger partial charge on any atom is 0.308 e. The van der Waals surface area contributed by atoms with E-state index in [2.05, 4.69) is 9.97 Å². The highest BCUT2D eigenvalue weighted by Gasteiger charge is 2.04. The van der Waals surface area contributed by atoms with Gasteiger partial charge in [0.15, 0.2) is 22.9 Å². The predicted octanol–water partition coefficient (Wildman–Crippen LogP) is 1.54. The second kappa shape index (κ2) is 7.87. The maximum absolute atomic E-state index is 10.5. The molecule has 2 aromatic heterocycles. The quantitative estimate of drug-likeness (QED) is 0.787. The summed E-state index contributed by atoms with van der Waals surface area (Å²) in [7, 11) is 0. The van der Waals surface area contributed by atoms with Gasteiger partial charge in [-0.3, -0.25) is 4.79 Å². The molecule has 7 nitrogen and oxygen atoms in total. The van der Waals surface area contributed by atoms with Gasteiger partial charge in [-0.05, 0) is 24.3 Å². The summed E-state index contributed by atoms with van der Waals surface area (Å²) in [6.45, 7) is 1.27. The largest absolute Gasteiger partial charge is 0.505 e. The highest BCUT2D eigenvalue weighted by molar-refractivity contribution is 5.69. The molecule has 2 aromatic rings. The van der Waals surface area contributed by atoms with Crippen molar-refractivity contribution < 1.29 is 14.6 Å². The number of hydrogen-bond acceptors (Lipinski definition) is 7. The van der Waals surface area contributed by atoms with Crippen molar-refractivity contribution in [2.45, 2.75) is 6.92 Å². The zero-order valence-electron chi connectivity index (χ0n) is 11.0. The Morgan fingerprint density at radius 1 is 1.14 bits per heavy atom. The van der Waals surface area contributed by atoms with E-state index in [9.17, 15) is 4.79 Å². The highest BCUT2D eigenvalue weighted by atomic mass is 16.5. The van der Waals surface area contributed by atoms with E-state index >= 15 is 0 Å². The zero-order chi connectivity index (χ0) is 15.7. The molecule has 0 aromatic carbocycles. The Morgan fingerprint density at radius 3 is 2.19 bits per heavy atom. The van der Waals surface area contributed by atoms with Crippen LogP contribution in [0.15, 0.2) is 36.7 Å². The SMILES string of the molecule is CC(=O)Oc1cccnc1C#N.N#Cc1ncccc1O. The van der Waals surface area contributed by atoms with Gasteiger partial charge in [0.1, 0.15) is 12.1 Å². The van der Waals surface area contributed by atoms with Crippen LogP contribution >= 0.6 is 0 Å². The Labute approximate surface area is 120 Å². The highest BCUT2D eigenvalue weighted by Crippen LogP contribution is 2.13. The van der Waals surface area contributed by atoms with Crippen molar-refractivity contribution >= 4 is 5.97 Å². The summed E-state index contributed by atoms with van der Waals surface area (Å²) in [5, 5.41) is 25.6. The van der Waals surface area contributed by atoms with Crippen molar-refractivity contribution in [3.05, 3.63) is 48.0 Å². The zero-order valence-corrected chi connectivity index (χ0v) is 11.0. The molecule has 2 rings (SSSR count). The van der Waals surface area contributed by atoms with E-state index in [0.29, 0.717) is 0 Å². The lowest BCUT2D eigenvalue weighted by atomic mass is 10.3. The Morgan fingerprint density at radius 2 is 1.71 bits per heavy atom. The minimum atomic E-state index is -0.459. The second-order valence-corrected chi connectivity index (χ2v) is 3.54. The third-order valence-electron chi connectivity index (χ3n) is 2.02. The first kappa shape index (κ1) is 15.6. The lowest BCUT2D eigenvalue weighted by Crippen LogP contribution is -2.03. The monoisotopic (exact) mass is 282 g/mol. The smallest absolute Gasteiger partial charge is 0.308 e. The van der Waals surface area contributed by atoms with Crippen LogP contribution in [0.1, 0.15) is 18.3 Å². The molecule has 0 amide bonds. The number of aromatic nitrogens is 2. The van der Waals surface area contributed by atoms with Crippen LogP contribution in [0.5, 0.6) is 11.5 Å². The van der Waals surface area contributed by atoms with Gasteiger partial charge in [-0.25, -0.2) is 9.97 Å². The van der Waals surface area contributed by atoms with Gasteiger partial charge in [-0.15, -0.1) is 0 Å². The number of nitrogens with zero attached hydrogens (tertiary/aromatic N) is 4. The number of carbonyl (C=O) groups is 1. The first-order chi connectivity index (χ1) is 10.1. The molecule has 0 radical (unpaired) electrons. The molecule has 0 unspecified atom stereocenters. The van der Waals surface area contributed by atoms with Crippen LogP contribution in [0.4, 0.5) is 0 Å². The minimum absolute atomic E-state index is 0.0671. The number of carbonyl (C=O) groups excluding carboxylic acids is 1.